The van der Waals surface area contributed by atoms with Crippen molar-refractivity contribution in [1.29, 1.82) is 0 Å². The Hall–Kier alpha value is -4.11. The third-order valence-corrected chi connectivity index (χ3v) is 6.04. The van der Waals surface area contributed by atoms with Gasteiger partial charge in [0.1, 0.15) is 11.5 Å². The second-order valence-corrected chi connectivity index (χ2v) is 8.24. The Morgan fingerprint density at radius 3 is 2.61 bits per heavy atom. The van der Waals surface area contributed by atoms with Crippen LogP contribution in [0, 0.1) is 0 Å². The summed E-state index contributed by atoms with van der Waals surface area (Å²) in [5.74, 6) is 1.51. The van der Waals surface area contributed by atoms with E-state index in [-0.39, 0.29) is 0 Å². The van der Waals surface area contributed by atoms with Crippen LogP contribution < -0.4 is 10.2 Å². The maximum absolute atomic E-state index is 4.68. The van der Waals surface area contributed by atoms with E-state index in [0.717, 1.165) is 70.9 Å². The van der Waals surface area contributed by atoms with Crippen LogP contribution in [0.3, 0.4) is 0 Å². The van der Waals surface area contributed by atoms with Gasteiger partial charge in [0.05, 0.1) is 11.0 Å². The third kappa shape index (κ3) is 3.83. The van der Waals surface area contributed by atoms with Gasteiger partial charge in [-0.3, -0.25) is 9.97 Å². The van der Waals surface area contributed by atoms with Gasteiger partial charge < -0.3 is 20.1 Å². The monoisotopic (exact) mass is 437 g/mol. The van der Waals surface area contributed by atoms with Crippen molar-refractivity contribution in [1.82, 2.24) is 34.8 Å². The Bertz CT molecular complexity index is 1440. The van der Waals surface area contributed by atoms with Crippen LogP contribution >= 0.6 is 0 Å². The predicted octanol–water partition coefficient (Wildman–Crippen LogP) is 3.46. The Kier molecular flexibility index (Phi) is 4.80. The highest BCUT2D eigenvalue weighted by Gasteiger charge is 2.16. The SMILES string of the molecule is CN1CCN(c2cc(Nc3ncc4c(-c5ccc6nccnc6c5)c[nH]c4n3)ccn2)CC1. The predicted molar refractivity (Wildman–Crippen MR) is 130 cm³/mol. The zero-order valence-corrected chi connectivity index (χ0v) is 18.2. The van der Waals surface area contributed by atoms with E-state index in [1.165, 1.54) is 0 Å². The van der Waals surface area contributed by atoms with Gasteiger partial charge in [-0.05, 0) is 30.8 Å². The summed E-state index contributed by atoms with van der Waals surface area (Å²) in [4.78, 5) is 30.5. The summed E-state index contributed by atoms with van der Waals surface area (Å²) >= 11 is 0. The van der Waals surface area contributed by atoms with E-state index in [0.29, 0.717) is 5.95 Å². The second kappa shape index (κ2) is 8.10. The van der Waals surface area contributed by atoms with Gasteiger partial charge in [0.2, 0.25) is 5.95 Å². The summed E-state index contributed by atoms with van der Waals surface area (Å²) in [6.45, 7) is 4.03. The topological polar surface area (TPSA) is 98.8 Å². The fraction of sp³-hybridized carbons (Fsp3) is 0.208. The van der Waals surface area contributed by atoms with Crippen LogP contribution in [0.5, 0.6) is 0 Å². The summed E-state index contributed by atoms with van der Waals surface area (Å²) in [7, 11) is 2.15. The molecule has 1 aliphatic rings. The van der Waals surface area contributed by atoms with Crippen LogP contribution in [0.25, 0.3) is 33.2 Å². The lowest BCUT2D eigenvalue weighted by atomic mass is 10.1. The summed E-state index contributed by atoms with van der Waals surface area (Å²) < 4.78 is 0. The maximum atomic E-state index is 4.68. The number of benzene rings is 1. The molecule has 164 valence electrons. The summed E-state index contributed by atoms with van der Waals surface area (Å²) in [5.41, 5.74) is 5.50. The highest BCUT2D eigenvalue weighted by Crippen LogP contribution is 2.30. The Labute approximate surface area is 190 Å². The molecule has 5 aromatic rings. The van der Waals surface area contributed by atoms with E-state index >= 15 is 0 Å². The van der Waals surface area contributed by atoms with E-state index in [4.69, 9.17) is 0 Å². The lowest BCUT2D eigenvalue weighted by Crippen LogP contribution is -2.44. The molecule has 0 radical (unpaired) electrons. The van der Waals surface area contributed by atoms with Crippen molar-refractivity contribution in [2.24, 2.45) is 0 Å². The Balaban J connectivity index is 1.26. The molecule has 0 unspecified atom stereocenters. The van der Waals surface area contributed by atoms with Crippen LogP contribution in [0.1, 0.15) is 0 Å². The van der Waals surface area contributed by atoms with E-state index in [1.54, 1.807) is 12.4 Å². The Morgan fingerprint density at radius 1 is 0.879 bits per heavy atom. The van der Waals surface area contributed by atoms with E-state index in [9.17, 15) is 0 Å². The van der Waals surface area contributed by atoms with Crippen LogP contribution in [0.4, 0.5) is 17.5 Å². The van der Waals surface area contributed by atoms with Crippen molar-refractivity contribution < 1.29 is 0 Å². The highest BCUT2D eigenvalue weighted by molar-refractivity contribution is 5.95. The number of aromatic amines is 1. The molecule has 9 heteroatoms. The molecule has 0 atom stereocenters. The van der Waals surface area contributed by atoms with Crippen molar-refractivity contribution in [2.45, 2.75) is 0 Å². The average Bonchev–Trinajstić information content (AvgIpc) is 3.28. The lowest BCUT2D eigenvalue weighted by molar-refractivity contribution is 0.312. The van der Waals surface area contributed by atoms with Gasteiger partial charge in [0.25, 0.3) is 0 Å². The number of likely N-dealkylation sites (N-methyl/N-ethyl adjacent to an activating group) is 1. The van der Waals surface area contributed by atoms with Crippen molar-refractivity contribution in [3.05, 3.63) is 61.3 Å². The quantitative estimate of drug-likeness (QED) is 0.441. The zero-order chi connectivity index (χ0) is 22.2. The normalized spacial score (nSPS) is 14.8. The number of rotatable bonds is 4. The Morgan fingerprint density at radius 2 is 1.73 bits per heavy atom. The van der Waals surface area contributed by atoms with Crippen LogP contribution in [0.15, 0.2) is 61.3 Å². The number of pyridine rings is 1. The van der Waals surface area contributed by atoms with Gasteiger partial charge in [-0.2, -0.15) is 4.98 Å². The number of H-pyrrole nitrogens is 1. The molecule has 0 amide bonds. The minimum atomic E-state index is 0.538. The third-order valence-electron chi connectivity index (χ3n) is 6.04. The van der Waals surface area contributed by atoms with Crippen molar-refractivity contribution in [3.63, 3.8) is 0 Å². The van der Waals surface area contributed by atoms with Crippen molar-refractivity contribution in [2.75, 3.05) is 43.4 Å². The number of aromatic nitrogens is 6. The van der Waals surface area contributed by atoms with Crippen LogP contribution in [-0.4, -0.2) is 68.0 Å². The molecule has 0 spiro atoms. The standard InChI is InChI=1S/C24H23N9/c1-32-8-10-33(11-9-32)22-13-17(4-5-27-22)30-24-29-15-19-18(14-28-23(19)31-24)16-2-3-20-21(12-16)26-7-6-25-20/h2-7,12-15H,8-11H2,1H3,(H2,27,28,29,30,31). The first-order valence-electron chi connectivity index (χ1n) is 10.9. The minimum Gasteiger partial charge on any atom is -0.354 e. The van der Waals surface area contributed by atoms with E-state index in [2.05, 4.69) is 58.1 Å². The molecule has 6 rings (SSSR count). The molecule has 2 N–H and O–H groups in total. The van der Waals surface area contributed by atoms with Gasteiger partial charge in [-0.1, -0.05) is 6.07 Å². The van der Waals surface area contributed by atoms with Gasteiger partial charge >= 0.3 is 0 Å². The average molecular weight is 438 g/mol. The molecular formula is C24H23N9. The summed E-state index contributed by atoms with van der Waals surface area (Å²) in [6, 6.07) is 10.0. The number of hydrogen-bond acceptors (Lipinski definition) is 8. The number of nitrogens with zero attached hydrogens (tertiary/aromatic N) is 7. The molecular weight excluding hydrogens is 414 g/mol. The molecule has 0 aliphatic carbocycles. The number of anilines is 3. The van der Waals surface area contributed by atoms with Gasteiger partial charge in [0, 0.05) is 79.9 Å². The second-order valence-electron chi connectivity index (χ2n) is 8.24. The molecule has 1 aromatic carbocycles. The molecule has 1 aliphatic heterocycles. The first kappa shape index (κ1) is 19.6. The lowest BCUT2D eigenvalue weighted by Gasteiger charge is -2.33. The van der Waals surface area contributed by atoms with Crippen LogP contribution in [0.2, 0.25) is 0 Å². The number of nitrogens with one attached hydrogen (secondary N) is 2. The van der Waals surface area contributed by atoms with Crippen LogP contribution in [-0.2, 0) is 0 Å². The molecule has 0 bridgehead atoms. The van der Waals surface area contributed by atoms with Gasteiger partial charge in [0.15, 0.2) is 0 Å². The highest BCUT2D eigenvalue weighted by atomic mass is 15.3. The molecule has 5 heterocycles. The summed E-state index contributed by atoms with van der Waals surface area (Å²) in [5, 5.41) is 4.28. The summed E-state index contributed by atoms with van der Waals surface area (Å²) in [6.07, 6.45) is 9.03. The molecule has 33 heavy (non-hydrogen) atoms. The molecule has 4 aromatic heterocycles. The molecule has 9 nitrogen and oxygen atoms in total. The maximum Gasteiger partial charge on any atom is 0.229 e. The van der Waals surface area contributed by atoms with E-state index in [1.807, 2.05) is 42.9 Å². The fourth-order valence-corrected chi connectivity index (χ4v) is 4.17. The first-order valence-corrected chi connectivity index (χ1v) is 10.9. The number of fused-ring (bicyclic) bond motifs is 2. The number of piperazine rings is 1. The van der Waals surface area contributed by atoms with Gasteiger partial charge in [-0.15, -0.1) is 0 Å². The van der Waals surface area contributed by atoms with Crippen molar-refractivity contribution >= 4 is 39.5 Å². The fourth-order valence-electron chi connectivity index (χ4n) is 4.17. The first-order chi connectivity index (χ1) is 16.2. The number of hydrogen-bond donors (Lipinski definition) is 2. The molecule has 0 saturated carbocycles. The smallest absolute Gasteiger partial charge is 0.229 e. The molecule has 1 fully saturated rings. The zero-order valence-electron chi connectivity index (χ0n) is 18.2. The molecule has 1 saturated heterocycles. The van der Waals surface area contributed by atoms with Gasteiger partial charge in [-0.25, -0.2) is 9.97 Å². The van der Waals surface area contributed by atoms with Crippen molar-refractivity contribution in [3.8, 4) is 11.1 Å². The minimum absolute atomic E-state index is 0.538. The van der Waals surface area contributed by atoms with E-state index < -0.39 is 0 Å². The largest absolute Gasteiger partial charge is 0.354 e.